The summed E-state index contributed by atoms with van der Waals surface area (Å²) in [5, 5.41) is 10.0. The molecular weight excluding hydrogens is 1100 g/mol. The monoisotopic (exact) mass is 1130 g/mol. The fourth-order valence-corrected chi connectivity index (χ4v) is 8.48. The summed E-state index contributed by atoms with van der Waals surface area (Å²) in [7, 11) is 0. The summed E-state index contributed by atoms with van der Waals surface area (Å²) in [5.41, 5.74) is -27.8. The SMILES string of the molecule is FC(F)(F)c1cc([B-](c2cc(C(F)(F)F)cc(C(F)(F)F)c2)(c2cc(C(F)(F)F)cc(C(F)(F)F)c2)c2cc(C(F)(F)F)cc(C(F)(F)F)c2)cc(C(F)(F)F)c1.O=C(O)c1cccc2c1ccc[n+]2Cc1ccccc1. The molecule has 1 N–H and O–H groups in total. The molecule has 28 heteroatoms. The molecule has 0 saturated carbocycles. The van der Waals surface area contributed by atoms with Gasteiger partial charge in [-0.25, -0.2) is 4.79 Å². The highest BCUT2D eigenvalue weighted by Crippen LogP contribution is 2.41. The fourth-order valence-electron chi connectivity index (χ4n) is 8.48. The Balaban J connectivity index is 0.000000397. The third-order valence-electron chi connectivity index (χ3n) is 11.8. The van der Waals surface area contributed by atoms with E-state index in [2.05, 4.69) is 16.7 Å². The molecule has 0 unspecified atom stereocenters. The van der Waals surface area contributed by atoms with Crippen molar-refractivity contribution in [3.63, 3.8) is 0 Å². The van der Waals surface area contributed by atoms with E-state index in [0.717, 1.165) is 17.4 Å². The predicted octanol–water partition coefficient (Wildman–Crippen LogP) is 14.1. The number of rotatable bonds is 7. The van der Waals surface area contributed by atoms with E-state index in [9.17, 15) is 115 Å². The Bertz CT molecular complexity index is 2870. The van der Waals surface area contributed by atoms with Crippen LogP contribution in [-0.4, -0.2) is 17.2 Å². The highest BCUT2D eigenvalue weighted by Gasteiger charge is 2.47. The van der Waals surface area contributed by atoms with Gasteiger partial charge in [-0.05, 0) is 36.4 Å². The molecule has 7 aromatic rings. The quantitative estimate of drug-likeness (QED) is 0.0982. The van der Waals surface area contributed by atoms with Crippen molar-refractivity contribution >= 4 is 44.9 Å². The zero-order chi connectivity index (χ0) is 57.9. The third-order valence-corrected chi connectivity index (χ3v) is 11.8. The van der Waals surface area contributed by atoms with E-state index in [4.69, 9.17) is 0 Å². The minimum Gasteiger partial charge on any atom is -0.478 e. The molecule has 0 fully saturated rings. The standard InChI is InChI=1S/C32H12BF24.C17H13NO2/c34-25(35,36)13-1-14(26(37,38)39)6-21(5-13)33(22-7-15(27(40,41)42)2-16(8-22)28(43,44)45,23-9-17(29(46,47)48)3-18(10-23)30(49,50)51)24-11-19(31(52,53)54)4-20(12-24)32(55,56)57;19-17(20)15-8-4-10-16-14(15)9-5-11-18(16)12-13-6-2-1-3-7-13/h1-12H;1-11H,12H2/q-1;/p+1. The molecule has 0 saturated heterocycles. The molecule has 0 bridgehead atoms. The molecule has 1 aromatic heterocycles. The van der Waals surface area contributed by atoms with Crippen LogP contribution in [-0.2, 0) is 56.0 Å². The Labute approximate surface area is 415 Å². The van der Waals surface area contributed by atoms with Crippen molar-refractivity contribution in [1.82, 2.24) is 0 Å². The number of carboxylic acid groups (broad SMARTS) is 1. The van der Waals surface area contributed by atoms with Crippen LogP contribution in [0.5, 0.6) is 0 Å². The second kappa shape index (κ2) is 20.2. The maximum absolute atomic E-state index is 14.2. The average molecular weight is 1130 g/mol. The topological polar surface area (TPSA) is 41.2 Å². The number of nitrogens with zero attached hydrogens (tertiary/aromatic N) is 1. The molecule has 1 heterocycles. The van der Waals surface area contributed by atoms with E-state index in [1.165, 1.54) is 5.56 Å². The van der Waals surface area contributed by atoms with Crippen LogP contribution in [0.2, 0.25) is 0 Å². The number of hydrogen-bond donors (Lipinski definition) is 1. The van der Waals surface area contributed by atoms with Gasteiger partial charge >= 0.3 is 55.4 Å². The van der Waals surface area contributed by atoms with Gasteiger partial charge in [0, 0.05) is 17.7 Å². The summed E-state index contributed by atoms with van der Waals surface area (Å²) in [6.07, 6.45) is -52.8. The van der Waals surface area contributed by atoms with Crippen LogP contribution in [0.15, 0.2) is 140 Å². The summed E-state index contributed by atoms with van der Waals surface area (Å²) in [6, 6.07) is 10.4. The first-order valence-electron chi connectivity index (χ1n) is 21.1. The van der Waals surface area contributed by atoms with Gasteiger partial charge in [-0.2, -0.15) is 132 Å². The van der Waals surface area contributed by atoms with Crippen molar-refractivity contribution in [3.05, 3.63) is 195 Å². The molecule has 410 valence electrons. The van der Waals surface area contributed by atoms with Gasteiger partial charge in [-0.15, -0.1) is 0 Å². The summed E-state index contributed by atoms with van der Waals surface area (Å²) in [4.78, 5) is 11.3. The van der Waals surface area contributed by atoms with Crippen LogP contribution < -0.4 is 26.4 Å². The number of carboxylic acids is 1. The second-order valence-electron chi connectivity index (χ2n) is 16.9. The number of carbonyl (C=O) groups is 1. The van der Waals surface area contributed by atoms with Crippen LogP contribution >= 0.6 is 0 Å². The van der Waals surface area contributed by atoms with E-state index in [-0.39, 0.29) is 0 Å². The molecule has 0 spiro atoms. The number of aromatic nitrogens is 1. The zero-order valence-corrected chi connectivity index (χ0v) is 37.4. The molecule has 0 atom stereocenters. The van der Waals surface area contributed by atoms with Crippen molar-refractivity contribution in [2.75, 3.05) is 0 Å². The molecular formula is C49H26BF24NO2. The van der Waals surface area contributed by atoms with Gasteiger partial charge in [0.2, 0.25) is 5.52 Å². The molecule has 0 aliphatic carbocycles. The number of pyridine rings is 1. The Morgan fingerprint density at radius 3 is 0.909 bits per heavy atom. The lowest BCUT2D eigenvalue weighted by molar-refractivity contribution is -0.662. The highest BCUT2D eigenvalue weighted by atomic mass is 19.4. The predicted molar refractivity (Wildman–Crippen MR) is 227 cm³/mol. The Morgan fingerprint density at radius 1 is 0.364 bits per heavy atom. The Kier molecular flexibility index (Phi) is 15.4. The van der Waals surface area contributed by atoms with E-state index in [1.807, 2.05) is 42.6 Å². The molecule has 0 aliphatic heterocycles. The number of benzene rings is 6. The third kappa shape index (κ3) is 13.1. The van der Waals surface area contributed by atoms with Crippen LogP contribution in [0.1, 0.15) is 60.4 Å². The normalized spacial score (nSPS) is 13.4. The lowest BCUT2D eigenvalue weighted by Gasteiger charge is -2.46. The van der Waals surface area contributed by atoms with Gasteiger partial charge in [0.1, 0.15) is 6.15 Å². The number of hydrogen-bond acceptors (Lipinski definition) is 1. The summed E-state index contributed by atoms with van der Waals surface area (Å²) < 4.78 is 343. The lowest BCUT2D eigenvalue weighted by Crippen LogP contribution is -2.75. The van der Waals surface area contributed by atoms with Gasteiger partial charge in [0.25, 0.3) is 0 Å². The van der Waals surface area contributed by atoms with Crippen molar-refractivity contribution in [1.29, 1.82) is 0 Å². The van der Waals surface area contributed by atoms with Gasteiger partial charge in [0.05, 0.1) is 55.5 Å². The fraction of sp³-hybridized carbons (Fsp3) is 0.184. The van der Waals surface area contributed by atoms with Crippen molar-refractivity contribution < 1.29 is 120 Å². The number of aromatic carboxylic acids is 1. The van der Waals surface area contributed by atoms with Gasteiger partial charge in [-0.3, -0.25) is 0 Å². The van der Waals surface area contributed by atoms with Crippen LogP contribution in [0, 0.1) is 0 Å². The zero-order valence-electron chi connectivity index (χ0n) is 37.4. The maximum Gasteiger partial charge on any atom is 0.416 e. The van der Waals surface area contributed by atoms with Crippen LogP contribution in [0.25, 0.3) is 10.9 Å². The number of fused-ring (bicyclic) bond motifs is 1. The van der Waals surface area contributed by atoms with Crippen molar-refractivity contribution in [3.8, 4) is 0 Å². The van der Waals surface area contributed by atoms with Gasteiger partial charge in [-0.1, -0.05) is 84.9 Å². The van der Waals surface area contributed by atoms with E-state index >= 15 is 0 Å². The molecule has 3 nitrogen and oxygen atoms in total. The van der Waals surface area contributed by atoms with Gasteiger partial charge < -0.3 is 5.11 Å². The second-order valence-corrected chi connectivity index (χ2v) is 16.9. The largest absolute Gasteiger partial charge is 0.478 e. The molecule has 0 aliphatic rings. The summed E-state index contributed by atoms with van der Waals surface area (Å²) in [6.45, 7) is 0.723. The van der Waals surface area contributed by atoms with Gasteiger partial charge in [0.15, 0.2) is 12.7 Å². The number of alkyl halides is 24. The Hall–Kier alpha value is -7.42. The Morgan fingerprint density at radius 2 is 0.649 bits per heavy atom. The number of halogens is 24. The molecule has 7 rings (SSSR count). The first kappa shape index (κ1) is 58.8. The molecule has 0 amide bonds. The van der Waals surface area contributed by atoms with E-state index in [0.29, 0.717) is 5.56 Å². The molecule has 77 heavy (non-hydrogen) atoms. The van der Waals surface area contributed by atoms with Crippen molar-refractivity contribution in [2.24, 2.45) is 0 Å². The highest BCUT2D eigenvalue weighted by molar-refractivity contribution is 7.20. The minimum atomic E-state index is -6.13. The molecule has 6 aromatic carbocycles. The first-order chi connectivity index (χ1) is 35.0. The van der Waals surface area contributed by atoms with Crippen LogP contribution in [0.3, 0.4) is 0 Å². The average Bonchev–Trinajstić information content (AvgIpc) is 3.29. The maximum atomic E-state index is 14.2. The minimum absolute atomic E-state index is 0.338. The summed E-state index contributed by atoms with van der Waals surface area (Å²) in [5.74, 6) is -0.895. The van der Waals surface area contributed by atoms with E-state index in [1.54, 1.807) is 12.1 Å². The van der Waals surface area contributed by atoms with E-state index < -0.39 is 201 Å². The summed E-state index contributed by atoms with van der Waals surface area (Å²) >= 11 is 0. The molecule has 0 radical (unpaired) electrons. The smallest absolute Gasteiger partial charge is 0.416 e. The first-order valence-corrected chi connectivity index (χ1v) is 21.1. The van der Waals surface area contributed by atoms with Crippen LogP contribution in [0.4, 0.5) is 105 Å². The van der Waals surface area contributed by atoms with Crippen molar-refractivity contribution in [2.45, 2.75) is 56.0 Å². The lowest BCUT2D eigenvalue weighted by atomic mass is 9.12.